The smallest absolute Gasteiger partial charge is 0.326 e. The normalized spacial score (nSPS) is 19.0. The molecule has 22 heavy (non-hydrogen) atoms. The van der Waals surface area contributed by atoms with E-state index in [9.17, 15) is 14.7 Å². The van der Waals surface area contributed by atoms with Crippen LogP contribution >= 0.6 is 0 Å². The third kappa shape index (κ3) is 4.06. The van der Waals surface area contributed by atoms with Gasteiger partial charge < -0.3 is 15.2 Å². The molecule has 1 aromatic carbocycles. The van der Waals surface area contributed by atoms with E-state index >= 15 is 0 Å². The summed E-state index contributed by atoms with van der Waals surface area (Å²) in [5.41, 5.74) is 1.08. The molecule has 2 rings (SSSR count). The van der Waals surface area contributed by atoms with Crippen molar-refractivity contribution >= 4 is 11.9 Å². The number of aliphatic carboxylic acids is 1. The van der Waals surface area contributed by atoms with E-state index in [1.165, 1.54) is 0 Å². The van der Waals surface area contributed by atoms with Crippen molar-refractivity contribution in [3.8, 4) is 6.07 Å². The van der Waals surface area contributed by atoms with E-state index in [0.717, 1.165) is 12.0 Å². The van der Waals surface area contributed by atoms with Crippen LogP contribution in [0.3, 0.4) is 0 Å². The molecule has 1 amide bonds. The van der Waals surface area contributed by atoms with E-state index < -0.39 is 17.9 Å². The largest absolute Gasteiger partial charge is 0.480 e. The number of nitriles is 1. The highest BCUT2D eigenvalue weighted by Crippen LogP contribution is 2.18. The van der Waals surface area contributed by atoms with Gasteiger partial charge >= 0.3 is 5.97 Å². The minimum absolute atomic E-state index is 0.208. The number of amides is 1. The highest BCUT2D eigenvalue weighted by atomic mass is 16.5. The molecule has 6 heteroatoms. The maximum atomic E-state index is 12.3. The van der Waals surface area contributed by atoms with Gasteiger partial charge in [0.15, 0.2) is 0 Å². The monoisotopic (exact) mass is 302 g/mol. The number of carbonyl (C=O) groups excluding carboxylic acids is 1. The standard InChI is InChI=1S/C16H18N2O4/c17-7-6-11-3-1-4-12(9-11)15(19)18-14(16(20)21)13-5-2-8-22-10-13/h1,3-4,9,13-14H,2,5-6,8,10H2,(H,18,19)(H,20,21). The topological polar surface area (TPSA) is 99.4 Å². The second kappa shape index (κ2) is 7.57. The SMILES string of the molecule is N#CCc1cccc(C(=O)NC(C(=O)O)C2CCCOC2)c1. The molecular formula is C16H18N2O4. The van der Waals surface area contributed by atoms with E-state index in [1.54, 1.807) is 24.3 Å². The summed E-state index contributed by atoms with van der Waals surface area (Å²) in [6.07, 6.45) is 1.72. The van der Waals surface area contributed by atoms with Gasteiger partial charge in [-0.2, -0.15) is 5.26 Å². The highest BCUT2D eigenvalue weighted by Gasteiger charge is 2.31. The molecule has 0 bridgehead atoms. The Hall–Kier alpha value is -2.39. The van der Waals surface area contributed by atoms with Gasteiger partial charge in [-0.25, -0.2) is 4.79 Å². The Bertz CT molecular complexity index is 588. The van der Waals surface area contributed by atoms with Gasteiger partial charge in [0, 0.05) is 18.1 Å². The predicted octanol–water partition coefficient (Wildman–Crippen LogP) is 1.36. The first-order valence-corrected chi connectivity index (χ1v) is 7.19. The summed E-state index contributed by atoms with van der Waals surface area (Å²) in [4.78, 5) is 23.7. The number of nitrogens with one attached hydrogen (secondary N) is 1. The number of carbonyl (C=O) groups is 2. The minimum atomic E-state index is -1.06. The maximum Gasteiger partial charge on any atom is 0.326 e. The number of carboxylic acids is 1. The predicted molar refractivity (Wildman–Crippen MR) is 78.2 cm³/mol. The van der Waals surface area contributed by atoms with Gasteiger partial charge in [0.1, 0.15) is 6.04 Å². The Morgan fingerprint density at radius 1 is 1.50 bits per heavy atom. The Morgan fingerprint density at radius 3 is 2.95 bits per heavy atom. The van der Waals surface area contributed by atoms with Crippen LogP contribution in [0, 0.1) is 17.2 Å². The van der Waals surface area contributed by atoms with Crippen molar-refractivity contribution in [1.82, 2.24) is 5.32 Å². The Balaban J connectivity index is 2.09. The van der Waals surface area contributed by atoms with E-state index in [2.05, 4.69) is 5.32 Å². The summed E-state index contributed by atoms with van der Waals surface area (Å²) in [6, 6.07) is 7.70. The summed E-state index contributed by atoms with van der Waals surface area (Å²) < 4.78 is 5.30. The zero-order chi connectivity index (χ0) is 15.9. The number of rotatable bonds is 5. The van der Waals surface area contributed by atoms with Gasteiger partial charge in [-0.3, -0.25) is 4.79 Å². The van der Waals surface area contributed by atoms with Gasteiger partial charge in [0.25, 0.3) is 5.91 Å². The van der Waals surface area contributed by atoms with Crippen molar-refractivity contribution < 1.29 is 19.4 Å². The molecule has 2 atom stereocenters. The van der Waals surface area contributed by atoms with Crippen LogP contribution in [0.1, 0.15) is 28.8 Å². The summed E-state index contributed by atoms with van der Waals surface area (Å²) in [6.45, 7) is 0.971. The summed E-state index contributed by atoms with van der Waals surface area (Å²) >= 11 is 0. The number of hydrogen-bond acceptors (Lipinski definition) is 4. The Kier molecular flexibility index (Phi) is 5.50. The van der Waals surface area contributed by atoms with Gasteiger partial charge in [-0.05, 0) is 30.5 Å². The van der Waals surface area contributed by atoms with Crippen LogP contribution in [-0.2, 0) is 16.0 Å². The van der Waals surface area contributed by atoms with Crippen LogP contribution in [-0.4, -0.2) is 36.2 Å². The molecule has 0 aliphatic carbocycles. The lowest BCUT2D eigenvalue weighted by molar-refractivity contribution is -0.142. The average Bonchev–Trinajstić information content (AvgIpc) is 2.53. The number of benzene rings is 1. The molecular weight excluding hydrogens is 284 g/mol. The first-order chi connectivity index (χ1) is 10.6. The third-order valence-electron chi connectivity index (χ3n) is 3.69. The van der Waals surface area contributed by atoms with E-state index in [4.69, 9.17) is 10.00 Å². The fourth-order valence-corrected chi connectivity index (χ4v) is 2.55. The van der Waals surface area contributed by atoms with Crippen molar-refractivity contribution in [3.05, 3.63) is 35.4 Å². The number of carboxylic acid groups (broad SMARTS) is 1. The van der Waals surface area contributed by atoms with Crippen molar-refractivity contribution in [1.29, 1.82) is 5.26 Å². The molecule has 1 aliphatic heterocycles. The summed E-state index contributed by atoms with van der Waals surface area (Å²) in [7, 11) is 0. The van der Waals surface area contributed by atoms with E-state index in [1.807, 2.05) is 6.07 Å². The van der Waals surface area contributed by atoms with Crippen LogP contribution in [0.15, 0.2) is 24.3 Å². The molecule has 0 spiro atoms. The lowest BCUT2D eigenvalue weighted by Crippen LogP contribution is -2.48. The lowest BCUT2D eigenvalue weighted by Gasteiger charge is -2.28. The van der Waals surface area contributed by atoms with Gasteiger partial charge in [-0.15, -0.1) is 0 Å². The molecule has 0 radical (unpaired) electrons. The molecule has 1 aromatic rings. The maximum absolute atomic E-state index is 12.3. The molecule has 1 aliphatic rings. The first-order valence-electron chi connectivity index (χ1n) is 7.19. The lowest BCUT2D eigenvalue weighted by atomic mass is 9.93. The van der Waals surface area contributed by atoms with Crippen molar-refractivity contribution in [2.24, 2.45) is 5.92 Å². The zero-order valence-electron chi connectivity index (χ0n) is 12.1. The molecule has 0 saturated carbocycles. The van der Waals surface area contributed by atoms with Gasteiger partial charge in [0.2, 0.25) is 0 Å². The van der Waals surface area contributed by atoms with Crippen LogP contribution < -0.4 is 5.32 Å². The summed E-state index contributed by atoms with van der Waals surface area (Å²) in [5, 5.41) is 20.6. The highest BCUT2D eigenvalue weighted by molar-refractivity contribution is 5.96. The van der Waals surface area contributed by atoms with Crippen molar-refractivity contribution in [2.75, 3.05) is 13.2 Å². The molecule has 0 aromatic heterocycles. The first kappa shape index (κ1) is 16.0. The minimum Gasteiger partial charge on any atom is -0.480 e. The quantitative estimate of drug-likeness (QED) is 0.855. The van der Waals surface area contributed by atoms with Crippen molar-refractivity contribution in [2.45, 2.75) is 25.3 Å². The van der Waals surface area contributed by atoms with Gasteiger partial charge in [0.05, 0.1) is 19.1 Å². The van der Waals surface area contributed by atoms with Crippen LogP contribution in [0.4, 0.5) is 0 Å². The van der Waals surface area contributed by atoms with E-state index in [-0.39, 0.29) is 12.3 Å². The van der Waals surface area contributed by atoms with Crippen molar-refractivity contribution in [3.63, 3.8) is 0 Å². The number of hydrogen-bond donors (Lipinski definition) is 2. The van der Waals surface area contributed by atoms with Crippen LogP contribution in [0.25, 0.3) is 0 Å². The van der Waals surface area contributed by atoms with Gasteiger partial charge in [-0.1, -0.05) is 12.1 Å². The fraction of sp³-hybridized carbons (Fsp3) is 0.438. The molecule has 2 unspecified atom stereocenters. The average molecular weight is 302 g/mol. The zero-order valence-corrected chi connectivity index (χ0v) is 12.1. The molecule has 1 fully saturated rings. The molecule has 2 N–H and O–H groups in total. The molecule has 116 valence electrons. The van der Waals surface area contributed by atoms with E-state index in [0.29, 0.717) is 25.2 Å². The molecule has 6 nitrogen and oxygen atoms in total. The Morgan fingerprint density at radius 2 is 2.32 bits per heavy atom. The summed E-state index contributed by atoms with van der Waals surface area (Å²) in [5.74, 6) is -1.73. The number of nitrogens with zero attached hydrogens (tertiary/aromatic N) is 1. The van der Waals surface area contributed by atoms with Crippen LogP contribution in [0.5, 0.6) is 0 Å². The number of ether oxygens (including phenoxy) is 1. The second-order valence-corrected chi connectivity index (χ2v) is 5.30. The van der Waals surface area contributed by atoms with Crippen LogP contribution in [0.2, 0.25) is 0 Å². The Labute approximate surface area is 128 Å². The molecule has 1 saturated heterocycles. The second-order valence-electron chi connectivity index (χ2n) is 5.30. The molecule has 1 heterocycles. The fourth-order valence-electron chi connectivity index (χ4n) is 2.55. The third-order valence-corrected chi connectivity index (χ3v) is 3.69.